The van der Waals surface area contributed by atoms with Crippen molar-refractivity contribution in [2.75, 3.05) is 11.0 Å². The second kappa shape index (κ2) is 11.7. The van der Waals surface area contributed by atoms with Crippen molar-refractivity contribution in [2.24, 2.45) is 19.8 Å². The fourth-order valence-electron chi connectivity index (χ4n) is 5.02. The number of hydrogen-bond donors (Lipinski definition) is 2. The van der Waals surface area contributed by atoms with Gasteiger partial charge in [0.05, 0.1) is 30.0 Å². The van der Waals surface area contributed by atoms with E-state index in [1.165, 1.54) is 12.1 Å². The van der Waals surface area contributed by atoms with Crippen LogP contribution in [0.2, 0.25) is 0 Å². The molecule has 3 N–H and O–H groups in total. The number of para-hydroxylation sites is 1. The average Bonchev–Trinajstić information content (AvgIpc) is 3.47. The summed E-state index contributed by atoms with van der Waals surface area (Å²) in [7, 11) is -0.131. The number of primary amides is 1. The zero-order chi connectivity index (χ0) is 30.9. The molecule has 1 amide bonds. The summed E-state index contributed by atoms with van der Waals surface area (Å²) in [6, 6.07) is 12.0. The van der Waals surface area contributed by atoms with Crippen molar-refractivity contribution in [2.45, 2.75) is 18.8 Å². The minimum absolute atomic E-state index is 0.0540. The number of anilines is 1. The van der Waals surface area contributed by atoms with E-state index in [1.807, 2.05) is 6.07 Å². The second-order valence-corrected chi connectivity index (χ2v) is 11.9. The number of nitrogens with one attached hydrogen (secondary N) is 1. The molecule has 10 nitrogen and oxygen atoms in total. The van der Waals surface area contributed by atoms with Crippen LogP contribution in [-0.4, -0.2) is 44.9 Å². The quantitative estimate of drug-likeness (QED) is 0.260. The van der Waals surface area contributed by atoms with Gasteiger partial charge in [0, 0.05) is 49.0 Å². The van der Waals surface area contributed by atoms with Crippen LogP contribution < -0.4 is 10.5 Å². The monoisotopic (exact) mass is 603 g/mol. The van der Waals surface area contributed by atoms with Gasteiger partial charge in [0.25, 0.3) is 0 Å². The first-order valence-corrected chi connectivity index (χ1v) is 14.9. The highest BCUT2D eigenvalue weighted by Gasteiger charge is 2.25. The number of aromatic nitrogens is 5. The normalized spacial score (nSPS) is 12.1. The molecule has 0 aliphatic heterocycles. The lowest BCUT2D eigenvalue weighted by atomic mass is 9.87. The molecule has 2 aromatic carbocycles. The molecule has 3 heterocycles. The number of hydrogen-bond acceptors (Lipinski definition) is 6. The van der Waals surface area contributed by atoms with Gasteiger partial charge in [-0.2, -0.15) is 5.10 Å². The van der Waals surface area contributed by atoms with Crippen molar-refractivity contribution >= 4 is 32.7 Å². The molecule has 0 aliphatic carbocycles. The van der Waals surface area contributed by atoms with Gasteiger partial charge in [-0.15, -0.1) is 0 Å². The van der Waals surface area contributed by atoms with E-state index in [4.69, 9.17) is 10.7 Å². The van der Waals surface area contributed by atoms with Crippen molar-refractivity contribution in [3.8, 4) is 23.0 Å². The van der Waals surface area contributed by atoms with Crippen molar-refractivity contribution in [1.29, 1.82) is 0 Å². The Morgan fingerprint density at radius 1 is 1.07 bits per heavy atom. The lowest BCUT2D eigenvalue weighted by Gasteiger charge is -2.20. The number of fused-ring (bicyclic) bond motifs is 1. The summed E-state index contributed by atoms with van der Waals surface area (Å²) in [5.41, 5.74) is 9.27. The van der Waals surface area contributed by atoms with Gasteiger partial charge >= 0.3 is 0 Å². The predicted octanol–water partition coefficient (Wildman–Crippen LogP) is 3.62. The summed E-state index contributed by atoms with van der Waals surface area (Å²) in [5.74, 6) is 3.39. The van der Waals surface area contributed by atoms with Crippen LogP contribution in [0.15, 0.2) is 61.1 Å². The largest absolute Gasteiger partial charge is 0.370 e. The number of carbonyl (C=O) groups excluding carboxylic acids is 1. The molecule has 0 saturated heterocycles. The van der Waals surface area contributed by atoms with Gasteiger partial charge in [0.1, 0.15) is 23.0 Å². The standard InChI is InChI=1S/C30H27F2N7O3S/c1-38-17-34-16-23(38)9-7-22-8-10-24(25-5-4-6-26-29(25)39(2)36-30(26)37-43(3,41)42)28(35-22)19(14-27(33)40)11-18-12-20(31)15-21(32)13-18/h4-6,8,10,12-13,15-17,19H,11,14H2,1-3H3,(H2,33,40)(H,36,37)/t19-/m0/s1. The van der Waals surface area contributed by atoms with Gasteiger partial charge in [-0.1, -0.05) is 12.1 Å². The third-order valence-corrected chi connectivity index (χ3v) is 7.30. The molecule has 5 rings (SSSR count). The molecular formula is C30H27F2N7O3S. The highest BCUT2D eigenvalue weighted by atomic mass is 32.2. The van der Waals surface area contributed by atoms with Gasteiger partial charge in [-0.05, 0) is 54.2 Å². The molecule has 0 fully saturated rings. The first-order valence-electron chi connectivity index (χ1n) is 13.0. The van der Waals surface area contributed by atoms with Crippen LogP contribution in [-0.2, 0) is 35.3 Å². The Balaban J connectivity index is 1.72. The second-order valence-electron chi connectivity index (χ2n) is 10.2. The van der Waals surface area contributed by atoms with Gasteiger partial charge in [0.2, 0.25) is 15.9 Å². The number of carbonyl (C=O) groups is 1. The number of rotatable bonds is 8. The minimum Gasteiger partial charge on any atom is -0.370 e. The van der Waals surface area contributed by atoms with Crippen molar-refractivity contribution in [3.63, 3.8) is 0 Å². The van der Waals surface area contributed by atoms with Crippen molar-refractivity contribution in [1.82, 2.24) is 24.3 Å². The fraction of sp³-hybridized carbons (Fsp3) is 0.200. The lowest BCUT2D eigenvalue weighted by molar-refractivity contribution is -0.118. The zero-order valence-electron chi connectivity index (χ0n) is 23.5. The van der Waals surface area contributed by atoms with Crippen LogP contribution in [0.25, 0.3) is 22.0 Å². The minimum atomic E-state index is -3.62. The molecule has 0 bridgehead atoms. The number of pyridine rings is 1. The number of nitrogens with zero attached hydrogens (tertiary/aromatic N) is 5. The number of aryl methyl sites for hydroxylation is 2. The molecule has 5 aromatic rings. The molecule has 1 atom stereocenters. The van der Waals surface area contributed by atoms with Crippen LogP contribution in [0.3, 0.4) is 0 Å². The number of amides is 1. The SMILES string of the molecule is Cn1cncc1C#Cc1ccc(-c2cccc3c(NS(C)(=O)=O)nn(C)c23)c([C@H](CC(N)=O)Cc2cc(F)cc(F)c2)n1. The summed E-state index contributed by atoms with van der Waals surface area (Å²) in [4.78, 5) is 21.2. The van der Waals surface area contributed by atoms with E-state index in [1.54, 1.807) is 60.1 Å². The van der Waals surface area contributed by atoms with Crippen LogP contribution >= 0.6 is 0 Å². The summed E-state index contributed by atoms with van der Waals surface area (Å²) >= 11 is 0. The Morgan fingerprint density at radius 3 is 2.47 bits per heavy atom. The van der Waals surface area contributed by atoms with E-state index >= 15 is 0 Å². The average molecular weight is 604 g/mol. The van der Waals surface area contributed by atoms with Crippen LogP contribution in [0.4, 0.5) is 14.6 Å². The number of nitrogens with two attached hydrogens (primary N) is 1. The van der Waals surface area contributed by atoms with Gasteiger partial charge in [-0.25, -0.2) is 27.2 Å². The highest BCUT2D eigenvalue weighted by Crippen LogP contribution is 2.38. The van der Waals surface area contributed by atoms with Crippen LogP contribution in [0.1, 0.15) is 35.0 Å². The molecule has 0 radical (unpaired) electrons. The third kappa shape index (κ3) is 6.70. The number of halogens is 2. The van der Waals surface area contributed by atoms with Crippen LogP contribution in [0, 0.1) is 23.5 Å². The Kier molecular flexibility index (Phi) is 7.97. The van der Waals surface area contributed by atoms with E-state index in [-0.39, 0.29) is 18.7 Å². The van der Waals surface area contributed by atoms with E-state index in [9.17, 15) is 22.0 Å². The molecule has 43 heavy (non-hydrogen) atoms. The van der Waals surface area contributed by atoms with Gasteiger partial charge < -0.3 is 10.3 Å². The van der Waals surface area contributed by atoms with E-state index in [0.717, 1.165) is 12.3 Å². The predicted molar refractivity (Wildman–Crippen MR) is 158 cm³/mol. The first kappa shape index (κ1) is 29.4. The summed E-state index contributed by atoms with van der Waals surface area (Å²) in [5, 5.41) is 4.91. The summed E-state index contributed by atoms with van der Waals surface area (Å²) in [6.45, 7) is 0. The first-order chi connectivity index (χ1) is 20.4. The lowest BCUT2D eigenvalue weighted by Crippen LogP contribution is -2.19. The number of sulfonamides is 1. The molecule has 0 saturated carbocycles. The molecule has 0 aliphatic rings. The van der Waals surface area contributed by atoms with E-state index in [2.05, 4.69) is 26.6 Å². The summed E-state index contributed by atoms with van der Waals surface area (Å²) < 4.78 is 58.0. The third-order valence-electron chi connectivity index (χ3n) is 6.74. The maximum atomic E-state index is 14.1. The number of benzene rings is 2. The number of imidazole rings is 1. The smallest absolute Gasteiger partial charge is 0.231 e. The van der Waals surface area contributed by atoms with Gasteiger partial charge in [-0.3, -0.25) is 14.2 Å². The topological polar surface area (TPSA) is 138 Å². The van der Waals surface area contributed by atoms with Crippen molar-refractivity contribution in [3.05, 3.63) is 95.3 Å². The van der Waals surface area contributed by atoms with E-state index in [0.29, 0.717) is 44.7 Å². The molecule has 0 spiro atoms. The Morgan fingerprint density at radius 2 is 1.81 bits per heavy atom. The highest BCUT2D eigenvalue weighted by molar-refractivity contribution is 7.92. The Labute approximate surface area is 246 Å². The molecule has 13 heteroatoms. The molecule has 3 aromatic heterocycles. The van der Waals surface area contributed by atoms with E-state index < -0.39 is 33.5 Å². The molecule has 0 unspecified atom stereocenters. The Hall–Kier alpha value is -5.09. The van der Waals surface area contributed by atoms with Crippen LogP contribution in [0.5, 0.6) is 0 Å². The van der Waals surface area contributed by atoms with Gasteiger partial charge in [0.15, 0.2) is 5.82 Å². The fourth-order valence-corrected chi connectivity index (χ4v) is 5.52. The van der Waals surface area contributed by atoms with Crippen molar-refractivity contribution < 1.29 is 22.0 Å². The zero-order valence-corrected chi connectivity index (χ0v) is 24.3. The maximum absolute atomic E-state index is 14.1. The molecular weight excluding hydrogens is 576 g/mol. The molecule has 220 valence electrons. The maximum Gasteiger partial charge on any atom is 0.231 e. The summed E-state index contributed by atoms with van der Waals surface area (Å²) in [6.07, 6.45) is 4.15. The Bertz CT molecular complexity index is 2020.